The molecule has 1 aromatic heterocycles. The van der Waals surface area contributed by atoms with Gasteiger partial charge in [0.2, 0.25) is 0 Å². The van der Waals surface area contributed by atoms with Crippen molar-refractivity contribution in [2.45, 2.75) is 16.7 Å². The van der Waals surface area contributed by atoms with Crippen LogP contribution < -0.4 is 0 Å². The van der Waals surface area contributed by atoms with E-state index in [4.69, 9.17) is 5.11 Å². The Morgan fingerprint density at radius 1 is 1.40 bits per heavy atom. The third kappa shape index (κ3) is 2.94. The highest BCUT2D eigenvalue weighted by Gasteiger charge is 2.15. The second-order valence-electron chi connectivity index (χ2n) is 3.98. The number of aromatic nitrogens is 1. The summed E-state index contributed by atoms with van der Waals surface area (Å²) in [6.07, 6.45) is 2.64. The zero-order valence-electron chi connectivity index (χ0n) is 10.4. The van der Waals surface area contributed by atoms with E-state index < -0.39 is 10.9 Å². The molecule has 0 aliphatic rings. The van der Waals surface area contributed by atoms with E-state index in [0.717, 1.165) is 11.8 Å². The number of nitro groups is 1. The molecule has 1 N–H and O–H groups in total. The van der Waals surface area contributed by atoms with E-state index in [1.807, 2.05) is 0 Å². The van der Waals surface area contributed by atoms with Gasteiger partial charge in [-0.1, -0.05) is 17.8 Å². The van der Waals surface area contributed by atoms with Crippen LogP contribution in [0.3, 0.4) is 0 Å². The van der Waals surface area contributed by atoms with Crippen LogP contribution in [-0.2, 0) is 0 Å². The third-order valence-electron chi connectivity index (χ3n) is 2.63. The van der Waals surface area contributed by atoms with Crippen LogP contribution in [0.2, 0.25) is 0 Å². The summed E-state index contributed by atoms with van der Waals surface area (Å²) in [5.74, 6) is -1.02. The summed E-state index contributed by atoms with van der Waals surface area (Å²) in [6.45, 7) is 1.70. The van der Waals surface area contributed by atoms with Crippen LogP contribution in [0, 0.1) is 17.0 Å². The second-order valence-corrected chi connectivity index (χ2v) is 5.10. The molecule has 0 radical (unpaired) electrons. The van der Waals surface area contributed by atoms with Gasteiger partial charge in [0.15, 0.2) is 0 Å². The van der Waals surface area contributed by atoms with Crippen molar-refractivity contribution in [2.24, 2.45) is 0 Å². The fourth-order valence-electron chi connectivity index (χ4n) is 1.62. The van der Waals surface area contributed by atoms with Crippen LogP contribution in [-0.4, -0.2) is 21.0 Å². The number of hydrogen-bond acceptors (Lipinski definition) is 5. The summed E-state index contributed by atoms with van der Waals surface area (Å²) in [5.41, 5.74) is 0.729. The first kappa shape index (κ1) is 14.0. The molecule has 0 bridgehead atoms. The number of aryl methyl sites for hydroxylation is 1. The predicted octanol–water partition coefficient (Wildman–Crippen LogP) is 3.15. The smallest absolute Gasteiger partial charge is 0.335 e. The van der Waals surface area contributed by atoms with Gasteiger partial charge in [0.25, 0.3) is 0 Å². The fraction of sp³-hybridized carbons (Fsp3) is 0.0769. The number of nitrogens with zero attached hydrogens (tertiary/aromatic N) is 2. The normalized spacial score (nSPS) is 10.2. The molecule has 0 amide bonds. The molecule has 0 aliphatic heterocycles. The third-order valence-corrected chi connectivity index (χ3v) is 3.68. The highest BCUT2D eigenvalue weighted by Crippen LogP contribution is 2.34. The van der Waals surface area contributed by atoms with Crippen molar-refractivity contribution in [1.82, 2.24) is 4.98 Å². The Morgan fingerprint density at radius 2 is 2.15 bits per heavy atom. The Balaban J connectivity index is 2.38. The summed E-state index contributed by atoms with van der Waals surface area (Å²) >= 11 is 1.14. The standard InChI is InChI=1S/C13H10N2O4S/c1-8-2-3-9(6-10(8)13(16)17)20-12-4-5-14-7-11(12)15(18)19/h2-7H,1H3,(H,16,17). The minimum atomic E-state index is -1.02. The minimum absolute atomic E-state index is 0.102. The molecule has 1 heterocycles. The number of rotatable bonds is 4. The molecule has 7 heteroatoms. The average Bonchev–Trinajstić information content (AvgIpc) is 2.41. The van der Waals surface area contributed by atoms with Gasteiger partial charge in [0.05, 0.1) is 15.4 Å². The number of hydrogen-bond donors (Lipinski definition) is 1. The lowest BCUT2D eigenvalue weighted by molar-refractivity contribution is -0.388. The number of carbonyl (C=O) groups is 1. The maximum atomic E-state index is 11.1. The molecule has 0 fully saturated rings. The lowest BCUT2D eigenvalue weighted by Crippen LogP contribution is -1.99. The number of carboxylic acids is 1. The van der Waals surface area contributed by atoms with Crippen LogP contribution in [0.1, 0.15) is 15.9 Å². The largest absolute Gasteiger partial charge is 0.478 e. The molecular formula is C13H10N2O4S. The van der Waals surface area contributed by atoms with Crippen LogP contribution in [0.25, 0.3) is 0 Å². The van der Waals surface area contributed by atoms with E-state index in [0.29, 0.717) is 15.4 Å². The molecule has 0 spiro atoms. The van der Waals surface area contributed by atoms with Crippen LogP contribution in [0.4, 0.5) is 5.69 Å². The maximum Gasteiger partial charge on any atom is 0.335 e. The Kier molecular flexibility index (Phi) is 3.99. The molecular weight excluding hydrogens is 280 g/mol. The summed E-state index contributed by atoms with van der Waals surface area (Å²) in [5, 5.41) is 20.0. The van der Waals surface area contributed by atoms with Crippen molar-refractivity contribution < 1.29 is 14.8 Å². The zero-order valence-corrected chi connectivity index (χ0v) is 11.3. The molecule has 0 saturated heterocycles. The Labute approximate surface area is 118 Å². The summed E-state index contributed by atoms with van der Waals surface area (Å²) in [6, 6.07) is 6.45. The van der Waals surface area contributed by atoms with Crippen LogP contribution in [0.15, 0.2) is 46.5 Å². The van der Waals surface area contributed by atoms with Gasteiger partial charge >= 0.3 is 11.7 Å². The summed E-state index contributed by atoms with van der Waals surface area (Å²) in [4.78, 5) is 26.2. The maximum absolute atomic E-state index is 11.1. The first-order chi connectivity index (χ1) is 9.49. The van der Waals surface area contributed by atoms with Crippen molar-refractivity contribution >= 4 is 23.4 Å². The zero-order chi connectivity index (χ0) is 14.7. The number of carboxylic acid groups (broad SMARTS) is 1. The van der Waals surface area contributed by atoms with E-state index in [1.54, 1.807) is 19.1 Å². The second kappa shape index (κ2) is 5.70. The van der Waals surface area contributed by atoms with Gasteiger partial charge in [-0.25, -0.2) is 4.79 Å². The highest BCUT2D eigenvalue weighted by molar-refractivity contribution is 7.99. The molecule has 0 unspecified atom stereocenters. The van der Waals surface area contributed by atoms with Crippen molar-refractivity contribution in [2.75, 3.05) is 0 Å². The lowest BCUT2D eigenvalue weighted by Gasteiger charge is -2.05. The Hall–Kier alpha value is -2.41. The van der Waals surface area contributed by atoms with E-state index in [2.05, 4.69) is 4.98 Å². The van der Waals surface area contributed by atoms with Crippen molar-refractivity contribution in [3.05, 3.63) is 57.9 Å². The summed E-state index contributed by atoms with van der Waals surface area (Å²) < 4.78 is 0. The van der Waals surface area contributed by atoms with E-state index in [-0.39, 0.29) is 11.3 Å². The first-order valence-electron chi connectivity index (χ1n) is 5.59. The topological polar surface area (TPSA) is 93.3 Å². The highest BCUT2D eigenvalue weighted by atomic mass is 32.2. The molecule has 2 rings (SSSR count). The average molecular weight is 290 g/mol. The molecule has 2 aromatic rings. The molecule has 0 saturated carbocycles. The fourth-order valence-corrected chi connectivity index (χ4v) is 2.55. The lowest BCUT2D eigenvalue weighted by atomic mass is 10.1. The summed E-state index contributed by atoms with van der Waals surface area (Å²) in [7, 11) is 0. The van der Waals surface area contributed by atoms with Gasteiger partial charge in [-0.05, 0) is 30.7 Å². The van der Waals surface area contributed by atoms with Crippen LogP contribution in [0.5, 0.6) is 0 Å². The Morgan fingerprint density at radius 3 is 2.80 bits per heavy atom. The SMILES string of the molecule is Cc1ccc(Sc2ccncc2[N+](=O)[O-])cc1C(=O)O. The van der Waals surface area contributed by atoms with E-state index in [9.17, 15) is 14.9 Å². The number of benzene rings is 1. The van der Waals surface area contributed by atoms with Crippen LogP contribution >= 0.6 is 11.8 Å². The Bertz CT molecular complexity index is 688. The van der Waals surface area contributed by atoms with Gasteiger partial charge in [0.1, 0.15) is 6.20 Å². The molecule has 1 aromatic carbocycles. The van der Waals surface area contributed by atoms with Gasteiger partial charge in [-0.2, -0.15) is 0 Å². The minimum Gasteiger partial charge on any atom is -0.478 e. The monoisotopic (exact) mass is 290 g/mol. The first-order valence-corrected chi connectivity index (χ1v) is 6.41. The van der Waals surface area contributed by atoms with Gasteiger partial charge < -0.3 is 5.11 Å². The van der Waals surface area contributed by atoms with Crippen molar-refractivity contribution in [3.8, 4) is 0 Å². The van der Waals surface area contributed by atoms with Gasteiger partial charge in [-0.3, -0.25) is 15.1 Å². The quantitative estimate of drug-likeness (QED) is 0.686. The van der Waals surface area contributed by atoms with Gasteiger partial charge in [0, 0.05) is 11.1 Å². The number of aromatic carboxylic acids is 1. The molecule has 0 atom stereocenters. The van der Waals surface area contributed by atoms with E-state index in [1.165, 1.54) is 24.5 Å². The molecule has 20 heavy (non-hydrogen) atoms. The van der Waals surface area contributed by atoms with Crippen molar-refractivity contribution in [1.29, 1.82) is 0 Å². The number of pyridine rings is 1. The molecule has 102 valence electrons. The van der Waals surface area contributed by atoms with Crippen molar-refractivity contribution in [3.63, 3.8) is 0 Å². The predicted molar refractivity (Wildman–Crippen MR) is 73.2 cm³/mol. The molecule has 6 nitrogen and oxygen atoms in total. The molecule has 0 aliphatic carbocycles. The van der Waals surface area contributed by atoms with Gasteiger partial charge in [-0.15, -0.1) is 0 Å². The van der Waals surface area contributed by atoms with E-state index >= 15 is 0 Å².